The molecule has 0 saturated heterocycles. The molecule has 1 aromatic rings. The first-order valence-electron chi connectivity index (χ1n) is 7.57. The molecule has 21 heavy (non-hydrogen) atoms. The Hall–Kier alpha value is -1.75. The number of carbonyl (C=O) groups excluding carboxylic acids is 1. The first-order valence-corrected chi connectivity index (χ1v) is 7.57. The normalized spacial score (nSPS) is 19.9. The van der Waals surface area contributed by atoms with Crippen molar-refractivity contribution >= 4 is 5.91 Å². The Labute approximate surface area is 124 Å². The molecule has 0 atom stereocenters. The molecule has 0 spiro atoms. The second kappa shape index (κ2) is 5.93. The maximum atomic E-state index is 12.2. The summed E-state index contributed by atoms with van der Waals surface area (Å²) in [7, 11) is 0. The Morgan fingerprint density at radius 1 is 1.14 bits per heavy atom. The molecule has 0 unspecified atom stereocenters. The van der Waals surface area contributed by atoms with Crippen molar-refractivity contribution in [3.8, 4) is 11.5 Å². The van der Waals surface area contributed by atoms with Gasteiger partial charge in [-0.3, -0.25) is 4.79 Å². The van der Waals surface area contributed by atoms with Crippen LogP contribution in [0.1, 0.15) is 42.5 Å². The minimum absolute atomic E-state index is 0.189. The number of benzene rings is 1. The molecule has 1 aliphatic heterocycles. The van der Waals surface area contributed by atoms with Crippen LogP contribution in [0.3, 0.4) is 0 Å². The molecule has 1 aliphatic carbocycles. The zero-order valence-corrected chi connectivity index (χ0v) is 12.1. The van der Waals surface area contributed by atoms with E-state index < -0.39 is 5.60 Å². The Morgan fingerprint density at radius 3 is 2.62 bits per heavy atom. The first-order chi connectivity index (χ1) is 10.2. The van der Waals surface area contributed by atoms with E-state index in [-0.39, 0.29) is 5.91 Å². The van der Waals surface area contributed by atoms with E-state index in [1.54, 1.807) is 18.2 Å². The summed E-state index contributed by atoms with van der Waals surface area (Å²) in [5.41, 5.74) is -0.207. The Morgan fingerprint density at radius 2 is 1.86 bits per heavy atom. The lowest BCUT2D eigenvalue weighted by atomic mass is 10.0. The summed E-state index contributed by atoms with van der Waals surface area (Å²) >= 11 is 0. The summed E-state index contributed by atoms with van der Waals surface area (Å²) in [6, 6.07) is 5.19. The first kappa shape index (κ1) is 14.2. The van der Waals surface area contributed by atoms with Gasteiger partial charge >= 0.3 is 0 Å². The van der Waals surface area contributed by atoms with E-state index in [1.165, 1.54) is 0 Å². The highest BCUT2D eigenvalue weighted by Crippen LogP contribution is 2.31. The van der Waals surface area contributed by atoms with E-state index in [0.717, 1.165) is 32.1 Å². The minimum atomic E-state index is -0.735. The summed E-state index contributed by atoms with van der Waals surface area (Å²) < 4.78 is 11.1. The largest absolute Gasteiger partial charge is 0.490 e. The summed E-state index contributed by atoms with van der Waals surface area (Å²) in [5.74, 6) is 1.10. The number of ether oxygens (including phenoxy) is 2. The van der Waals surface area contributed by atoms with Gasteiger partial charge in [0.1, 0.15) is 0 Å². The minimum Gasteiger partial charge on any atom is -0.490 e. The number of aliphatic hydroxyl groups is 1. The topological polar surface area (TPSA) is 67.8 Å². The fourth-order valence-corrected chi connectivity index (χ4v) is 2.86. The number of nitrogens with one attached hydrogen (secondary N) is 1. The van der Waals surface area contributed by atoms with Gasteiger partial charge in [-0.2, -0.15) is 0 Å². The molecule has 114 valence electrons. The lowest BCUT2D eigenvalue weighted by molar-refractivity contribution is 0.0449. The SMILES string of the molecule is O=C(NCC1(O)CCCC1)c1ccc2c(c1)OCCCO2. The molecule has 5 heteroatoms. The average molecular weight is 291 g/mol. The van der Waals surface area contributed by atoms with Crippen molar-refractivity contribution in [2.24, 2.45) is 0 Å². The van der Waals surface area contributed by atoms with E-state index >= 15 is 0 Å². The third kappa shape index (κ3) is 3.29. The maximum absolute atomic E-state index is 12.2. The predicted octanol–water partition coefficient (Wildman–Crippen LogP) is 1.88. The molecule has 0 radical (unpaired) electrons. The summed E-state index contributed by atoms with van der Waals surface area (Å²) in [4.78, 5) is 12.2. The quantitative estimate of drug-likeness (QED) is 0.892. The highest BCUT2D eigenvalue weighted by molar-refractivity contribution is 5.94. The lowest BCUT2D eigenvalue weighted by Gasteiger charge is -2.22. The Bertz CT molecular complexity index is 523. The van der Waals surface area contributed by atoms with Gasteiger partial charge in [0, 0.05) is 18.5 Å². The van der Waals surface area contributed by atoms with E-state index in [9.17, 15) is 9.90 Å². The second-order valence-corrected chi connectivity index (χ2v) is 5.83. The average Bonchev–Trinajstić information content (AvgIpc) is 2.79. The zero-order valence-electron chi connectivity index (χ0n) is 12.1. The summed E-state index contributed by atoms with van der Waals surface area (Å²) in [6.07, 6.45) is 4.40. The molecule has 2 aliphatic rings. The lowest BCUT2D eigenvalue weighted by Crippen LogP contribution is -2.40. The van der Waals surface area contributed by atoms with Crippen LogP contribution in [-0.4, -0.2) is 36.4 Å². The van der Waals surface area contributed by atoms with Crippen LogP contribution < -0.4 is 14.8 Å². The zero-order chi connectivity index (χ0) is 14.7. The van der Waals surface area contributed by atoms with Crippen molar-refractivity contribution in [2.75, 3.05) is 19.8 Å². The van der Waals surface area contributed by atoms with Gasteiger partial charge in [-0.05, 0) is 31.0 Å². The fraction of sp³-hybridized carbons (Fsp3) is 0.562. The molecule has 1 amide bonds. The molecular formula is C16H21NO4. The van der Waals surface area contributed by atoms with Crippen LogP contribution in [0, 0.1) is 0 Å². The van der Waals surface area contributed by atoms with Gasteiger partial charge in [0.05, 0.1) is 18.8 Å². The van der Waals surface area contributed by atoms with Crippen molar-refractivity contribution in [3.63, 3.8) is 0 Å². The molecule has 2 N–H and O–H groups in total. The number of hydrogen-bond donors (Lipinski definition) is 2. The number of fused-ring (bicyclic) bond motifs is 1. The van der Waals surface area contributed by atoms with Gasteiger partial charge in [-0.25, -0.2) is 0 Å². The monoisotopic (exact) mass is 291 g/mol. The maximum Gasteiger partial charge on any atom is 0.251 e. The van der Waals surface area contributed by atoms with Gasteiger partial charge < -0.3 is 19.9 Å². The van der Waals surface area contributed by atoms with Gasteiger partial charge in [-0.1, -0.05) is 12.8 Å². The van der Waals surface area contributed by atoms with Crippen molar-refractivity contribution in [3.05, 3.63) is 23.8 Å². The number of carbonyl (C=O) groups is 1. The van der Waals surface area contributed by atoms with Crippen LogP contribution in [0.5, 0.6) is 11.5 Å². The van der Waals surface area contributed by atoms with Gasteiger partial charge in [0.15, 0.2) is 11.5 Å². The van der Waals surface area contributed by atoms with E-state index in [2.05, 4.69) is 5.32 Å². The van der Waals surface area contributed by atoms with Crippen molar-refractivity contribution in [2.45, 2.75) is 37.7 Å². The van der Waals surface area contributed by atoms with E-state index in [4.69, 9.17) is 9.47 Å². The second-order valence-electron chi connectivity index (χ2n) is 5.83. The van der Waals surface area contributed by atoms with Crippen LogP contribution >= 0.6 is 0 Å². The highest BCUT2D eigenvalue weighted by atomic mass is 16.5. The number of rotatable bonds is 3. The van der Waals surface area contributed by atoms with Crippen LogP contribution in [0.2, 0.25) is 0 Å². The molecule has 5 nitrogen and oxygen atoms in total. The molecule has 1 aromatic carbocycles. The van der Waals surface area contributed by atoms with Crippen LogP contribution in [0.25, 0.3) is 0 Å². The number of hydrogen-bond acceptors (Lipinski definition) is 4. The summed E-state index contributed by atoms with van der Waals surface area (Å²) in [5, 5.41) is 13.1. The Balaban J connectivity index is 1.66. The smallest absolute Gasteiger partial charge is 0.251 e. The van der Waals surface area contributed by atoms with Gasteiger partial charge in [0.2, 0.25) is 0 Å². The standard InChI is InChI=1S/C16H21NO4/c18-15(17-11-16(19)6-1-2-7-16)12-4-5-13-14(10-12)21-9-3-8-20-13/h4-5,10,19H,1-3,6-9,11H2,(H,17,18). The summed E-state index contributed by atoms with van der Waals surface area (Å²) in [6.45, 7) is 1.53. The third-order valence-electron chi connectivity index (χ3n) is 4.12. The predicted molar refractivity (Wildman–Crippen MR) is 77.8 cm³/mol. The molecule has 1 saturated carbocycles. The highest BCUT2D eigenvalue weighted by Gasteiger charge is 2.31. The van der Waals surface area contributed by atoms with Crippen LogP contribution in [-0.2, 0) is 0 Å². The fourth-order valence-electron chi connectivity index (χ4n) is 2.86. The molecule has 0 bridgehead atoms. The van der Waals surface area contributed by atoms with Crippen molar-refractivity contribution in [1.82, 2.24) is 5.32 Å². The third-order valence-corrected chi connectivity index (χ3v) is 4.12. The molecule has 1 heterocycles. The van der Waals surface area contributed by atoms with Crippen LogP contribution in [0.15, 0.2) is 18.2 Å². The van der Waals surface area contributed by atoms with Gasteiger partial charge in [0.25, 0.3) is 5.91 Å². The van der Waals surface area contributed by atoms with Gasteiger partial charge in [-0.15, -0.1) is 0 Å². The molecule has 0 aromatic heterocycles. The van der Waals surface area contributed by atoms with Crippen molar-refractivity contribution < 1.29 is 19.4 Å². The van der Waals surface area contributed by atoms with E-state index in [1.807, 2.05) is 0 Å². The van der Waals surface area contributed by atoms with Crippen molar-refractivity contribution in [1.29, 1.82) is 0 Å². The van der Waals surface area contributed by atoms with Crippen LogP contribution in [0.4, 0.5) is 0 Å². The Kier molecular flexibility index (Phi) is 4.01. The molecule has 1 fully saturated rings. The van der Waals surface area contributed by atoms with E-state index in [0.29, 0.717) is 36.8 Å². The number of amides is 1. The molecule has 3 rings (SSSR count). The molecular weight excluding hydrogens is 270 g/mol.